The lowest BCUT2D eigenvalue weighted by Crippen LogP contribution is -2.38. The van der Waals surface area contributed by atoms with E-state index in [1.807, 2.05) is 13.0 Å². The van der Waals surface area contributed by atoms with Gasteiger partial charge in [-0.25, -0.2) is 4.98 Å². The van der Waals surface area contributed by atoms with Crippen LogP contribution >= 0.6 is 0 Å². The van der Waals surface area contributed by atoms with Gasteiger partial charge in [0, 0.05) is 12.2 Å². The van der Waals surface area contributed by atoms with Gasteiger partial charge in [-0.1, -0.05) is 25.3 Å². The van der Waals surface area contributed by atoms with E-state index >= 15 is 0 Å². The molecule has 0 saturated heterocycles. The molecule has 114 valence electrons. The Bertz CT molecular complexity index is 510. The lowest BCUT2D eigenvalue weighted by atomic mass is 9.80. The summed E-state index contributed by atoms with van der Waals surface area (Å²) in [4.78, 5) is 27.6. The molecule has 21 heavy (non-hydrogen) atoms. The van der Waals surface area contributed by atoms with Crippen LogP contribution < -0.4 is 5.32 Å². The van der Waals surface area contributed by atoms with Crippen molar-refractivity contribution in [2.45, 2.75) is 39.0 Å². The molecule has 1 atom stereocenters. The first-order chi connectivity index (χ1) is 10.1. The predicted molar refractivity (Wildman–Crippen MR) is 79.0 cm³/mol. The molecule has 1 amide bonds. The second-order valence-corrected chi connectivity index (χ2v) is 5.72. The summed E-state index contributed by atoms with van der Waals surface area (Å²) >= 11 is 0. The molecule has 1 saturated carbocycles. The van der Waals surface area contributed by atoms with Crippen LogP contribution in [0.25, 0.3) is 0 Å². The van der Waals surface area contributed by atoms with E-state index in [-0.39, 0.29) is 18.4 Å². The number of hydrogen-bond donors (Lipinski definition) is 2. The molecular formula is C16H22N2O3. The molecule has 2 N–H and O–H groups in total. The van der Waals surface area contributed by atoms with Crippen LogP contribution in [0.5, 0.6) is 0 Å². The van der Waals surface area contributed by atoms with Gasteiger partial charge in [0.15, 0.2) is 0 Å². The molecule has 0 radical (unpaired) electrons. The van der Waals surface area contributed by atoms with E-state index < -0.39 is 11.9 Å². The van der Waals surface area contributed by atoms with Crippen molar-refractivity contribution in [2.75, 3.05) is 6.54 Å². The predicted octanol–water partition coefficient (Wildman–Crippen LogP) is 2.40. The third-order valence-corrected chi connectivity index (χ3v) is 4.14. The van der Waals surface area contributed by atoms with Gasteiger partial charge in [-0.05, 0) is 37.8 Å². The van der Waals surface area contributed by atoms with Gasteiger partial charge in [0.1, 0.15) is 5.69 Å². The summed E-state index contributed by atoms with van der Waals surface area (Å²) < 4.78 is 0. The van der Waals surface area contributed by atoms with Crippen LogP contribution in [-0.2, 0) is 4.79 Å². The number of aliphatic carboxylic acids is 1. The van der Waals surface area contributed by atoms with Crippen molar-refractivity contribution in [1.82, 2.24) is 10.3 Å². The second kappa shape index (κ2) is 7.20. The van der Waals surface area contributed by atoms with Gasteiger partial charge >= 0.3 is 5.97 Å². The van der Waals surface area contributed by atoms with Gasteiger partial charge < -0.3 is 10.4 Å². The number of amides is 1. The number of nitrogens with one attached hydrogen (secondary N) is 1. The number of aryl methyl sites for hydroxylation is 1. The first-order valence-corrected chi connectivity index (χ1v) is 7.52. The molecule has 1 fully saturated rings. The van der Waals surface area contributed by atoms with E-state index in [0.717, 1.165) is 31.4 Å². The molecule has 0 aliphatic heterocycles. The molecule has 1 aromatic rings. The summed E-state index contributed by atoms with van der Waals surface area (Å²) in [5, 5.41) is 12.1. The summed E-state index contributed by atoms with van der Waals surface area (Å²) in [6.45, 7) is 1.99. The van der Waals surface area contributed by atoms with Crippen molar-refractivity contribution < 1.29 is 14.7 Å². The average molecular weight is 290 g/mol. The van der Waals surface area contributed by atoms with Crippen LogP contribution in [-0.4, -0.2) is 28.5 Å². The minimum absolute atomic E-state index is 0.169. The highest BCUT2D eigenvalue weighted by Crippen LogP contribution is 2.30. The number of carboxylic acids is 1. The smallest absolute Gasteiger partial charge is 0.308 e. The summed E-state index contributed by atoms with van der Waals surface area (Å²) in [5.74, 6) is -1.46. The summed E-state index contributed by atoms with van der Waals surface area (Å²) in [6.07, 6.45) is 5.23. The first kappa shape index (κ1) is 15.5. The van der Waals surface area contributed by atoms with Crippen LogP contribution in [0.3, 0.4) is 0 Å². The monoisotopic (exact) mass is 290 g/mol. The maximum Gasteiger partial charge on any atom is 0.308 e. The van der Waals surface area contributed by atoms with E-state index in [9.17, 15) is 14.7 Å². The zero-order valence-electron chi connectivity index (χ0n) is 12.3. The average Bonchev–Trinajstić information content (AvgIpc) is 2.48. The molecule has 1 aromatic heterocycles. The highest BCUT2D eigenvalue weighted by molar-refractivity contribution is 5.92. The molecule has 2 rings (SSSR count). The van der Waals surface area contributed by atoms with E-state index in [1.165, 1.54) is 6.42 Å². The van der Waals surface area contributed by atoms with E-state index in [4.69, 9.17) is 0 Å². The van der Waals surface area contributed by atoms with Crippen molar-refractivity contribution in [3.63, 3.8) is 0 Å². The number of hydrogen-bond acceptors (Lipinski definition) is 3. The Labute approximate surface area is 124 Å². The van der Waals surface area contributed by atoms with Crippen LogP contribution in [0.2, 0.25) is 0 Å². The van der Waals surface area contributed by atoms with Gasteiger partial charge in [0.2, 0.25) is 0 Å². The molecule has 1 aliphatic rings. The SMILES string of the molecule is Cc1cccc(C(=O)NCC(C(=O)O)C2CCCCC2)n1. The number of aromatic nitrogens is 1. The number of pyridine rings is 1. The van der Waals surface area contributed by atoms with Gasteiger partial charge in [-0.2, -0.15) is 0 Å². The summed E-state index contributed by atoms with van der Waals surface area (Å²) in [5.41, 5.74) is 1.10. The molecular weight excluding hydrogens is 268 g/mol. The Morgan fingerprint density at radius 2 is 2.05 bits per heavy atom. The highest BCUT2D eigenvalue weighted by atomic mass is 16.4. The van der Waals surface area contributed by atoms with E-state index in [1.54, 1.807) is 12.1 Å². The fraction of sp³-hybridized carbons (Fsp3) is 0.562. The van der Waals surface area contributed by atoms with Crippen molar-refractivity contribution in [3.05, 3.63) is 29.6 Å². The number of rotatable bonds is 5. The fourth-order valence-corrected chi connectivity index (χ4v) is 2.95. The zero-order valence-corrected chi connectivity index (χ0v) is 12.3. The standard InChI is InChI=1S/C16H22N2O3/c1-11-6-5-9-14(18-11)15(19)17-10-13(16(20)21)12-7-3-2-4-8-12/h5-6,9,12-13H,2-4,7-8,10H2,1H3,(H,17,19)(H,20,21). The largest absolute Gasteiger partial charge is 0.481 e. The third-order valence-electron chi connectivity index (χ3n) is 4.14. The van der Waals surface area contributed by atoms with Gasteiger partial charge in [-0.3, -0.25) is 9.59 Å². The van der Waals surface area contributed by atoms with Crippen molar-refractivity contribution >= 4 is 11.9 Å². The number of nitrogens with zero attached hydrogens (tertiary/aromatic N) is 1. The Hall–Kier alpha value is -1.91. The topological polar surface area (TPSA) is 79.3 Å². The molecule has 5 nitrogen and oxygen atoms in total. The Morgan fingerprint density at radius 1 is 1.33 bits per heavy atom. The maximum absolute atomic E-state index is 12.0. The molecule has 0 aromatic carbocycles. The van der Waals surface area contributed by atoms with Gasteiger partial charge in [-0.15, -0.1) is 0 Å². The van der Waals surface area contributed by atoms with Crippen LogP contribution in [0.1, 0.15) is 48.3 Å². The van der Waals surface area contributed by atoms with Crippen molar-refractivity contribution in [1.29, 1.82) is 0 Å². The minimum atomic E-state index is -0.820. The highest BCUT2D eigenvalue weighted by Gasteiger charge is 2.29. The van der Waals surface area contributed by atoms with E-state index in [0.29, 0.717) is 5.69 Å². The molecule has 1 heterocycles. The van der Waals surface area contributed by atoms with Crippen molar-refractivity contribution in [3.8, 4) is 0 Å². The Morgan fingerprint density at radius 3 is 2.67 bits per heavy atom. The Balaban J connectivity index is 1.95. The zero-order chi connectivity index (χ0) is 15.2. The number of carboxylic acid groups (broad SMARTS) is 1. The maximum atomic E-state index is 12.0. The fourth-order valence-electron chi connectivity index (χ4n) is 2.95. The molecule has 1 aliphatic carbocycles. The van der Waals surface area contributed by atoms with Crippen molar-refractivity contribution in [2.24, 2.45) is 11.8 Å². The third kappa shape index (κ3) is 4.28. The Kier molecular flexibility index (Phi) is 5.31. The van der Waals surface area contributed by atoms with Crippen LogP contribution in [0.4, 0.5) is 0 Å². The number of carbonyl (C=O) groups is 2. The molecule has 0 bridgehead atoms. The summed E-state index contributed by atoms with van der Waals surface area (Å²) in [6, 6.07) is 5.23. The molecule has 5 heteroatoms. The number of carbonyl (C=O) groups excluding carboxylic acids is 1. The van der Waals surface area contributed by atoms with Crippen LogP contribution in [0.15, 0.2) is 18.2 Å². The lowest BCUT2D eigenvalue weighted by molar-refractivity contribution is -0.143. The minimum Gasteiger partial charge on any atom is -0.481 e. The molecule has 0 spiro atoms. The first-order valence-electron chi connectivity index (χ1n) is 7.52. The van der Waals surface area contributed by atoms with E-state index in [2.05, 4.69) is 10.3 Å². The normalized spacial score (nSPS) is 17.2. The lowest BCUT2D eigenvalue weighted by Gasteiger charge is -2.27. The van der Waals surface area contributed by atoms with Crippen LogP contribution in [0, 0.1) is 18.8 Å². The second-order valence-electron chi connectivity index (χ2n) is 5.72. The van der Waals surface area contributed by atoms with Gasteiger partial charge in [0.25, 0.3) is 5.91 Å². The van der Waals surface area contributed by atoms with Gasteiger partial charge in [0.05, 0.1) is 5.92 Å². The quantitative estimate of drug-likeness (QED) is 0.872. The summed E-state index contributed by atoms with van der Waals surface area (Å²) in [7, 11) is 0. The molecule has 1 unspecified atom stereocenters.